The van der Waals surface area contributed by atoms with E-state index in [1.54, 1.807) is 4.90 Å². The summed E-state index contributed by atoms with van der Waals surface area (Å²) < 4.78 is 0. The summed E-state index contributed by atoms with van der Waals surface area (Å²) >= 11 is 0. The molecule has 0 radical (unpaired) electrons. The monoisotopic (exact) mass is 353 g/mol. The van der Waals surface area contributed by atoms with Gasteiger partial charge in [-0.05, 0) is 24.0 Å². The molecule has 1 fully saturated rings. The Bertz CT molecular complexity index is 827. The number of hydrogen-bond acceptors (Lipinski definition) is 6. The molecular weight excluding hydrogens is 330 g/mol. The molecule has 0 bridgehead atoms. The van der Waals surface area contributed by atoms with Crippen LogP contribution in [-0.4, -0.2) is 59.1 Å². The average Bonchev–Trinajstić information content (AvgIpc) is 3.00. The first-order valence-electron chi connectivity index (χ1n) is 8.91. The summed E-state index contributed by atoms with van der Waals surface area (Å²) in [6.45, 7) is 2.14. The van der Waals surface area contributed by atoms with Gasteiger partial charge in [0.25, 0.3) is 0 Å². The second-order valence-corrected chi connectivity index (χ2v) is 7.04. The van der Waals surface area contributed by atoms with Gasteiger partial charge in [0.2, 0.25) is 5.91 Å². The van der Waals surface area contributed by atoms with Gasteiger partial charge >= 0.3 is 0 Å². The summed E-state index contributed by atoms with van der Waals surface area (Å²) in [7, 11) is 1.81. The molecule has 136 valence electrons. The fourth-order valence-electron chi connectivity index (χ4n) is 3.66. The molecule has 4 rings (SSSR count). The zero-order valence-electron chi connectivity index (χ0n) is 14.9. The van der Waals surface area contributed by atoms with E-state index in [0.717, 1.165) is 24.3 Å². The number of nitrogens with one attached hydrogen (secondary N) is 1. The van der Waals surface area contributed by atoms with Gasteiger partial charge in [-0.3, -0.25) is 4.79 Å². The molecule has 26 heavy (non-hydrogen) atoms. The summed E-state index contributed by atoms with van der Waals surface area (Å²) in [5.41, 5.74) is 1.31. The number of fused-ring (bicyclic) bond motifs is 1. The van der Waals surface area contributed by atoms with E-state index in [2.05, 4.69) is 21.4 Å². The van der Waals surface area contributed by atoms with Crippen molar-refractivity contribution in [2.75, 3.05) is 43.4 Å². The summed E-state index contributed by atoms with van der Waals surface area (Å²) in [6.07, 6.45) is 3.07. The lowest BCUT2D eigenvalue weighted by Gasteiger charge is -2.32. The van der Waals surface area contributed by atoms with Crippen LogP contribution in [0.5, 0.6) is 0 Å². The lowest BCUT2D eigenvalue weighted by atomic mass is 9.96. The highest BCUT2D eigenvalue weighted by molar-refractivity contribution is 5.82. The number of nitrogens with zero attached hydrogens (tertiary/aromatic N) is 4. The molecule has 0 saturated carbocycles. The molecule has 2 heterocycles. The number of aromatic nitrogens is 2. The number of likely N-dealkylation sites (N-methyl/N-ethyl adjacent to an activating group) is 1. The summed E-state index contributed by atoms with van der Waals surface area (Å²) in [5, 5.41) is 14.3. The van der Waals surface area contributed by atoms with Crippen molar-refractivity contribution < 1.29 is 9.90 Å². The number of anilines is 2. The van der Waals surface area contributed by atoms with Crippen LogP contribution >= 0.6 is 0 Å². The van der Waals surface area contributed by atoms with Crippen LogP contribution in [0.25, 0.3) is 0 Å². The van der Waals surface area contributed by atoms with Gasteiger partial charge in [-0.25, -0.2) is 9.97 Å². The van der Waals surface area contributed by atoms with Gasteiger partial charge in [0, 0.05) is 32.7 Å². The first-order valence-corrected chi connectivity index (χ1v) is 8.91. The molecular formula is C19H23N5O2. The number of aliphatic hydroxyl groups is 1. The highest BCUT2D eigenvalue weighted by atomic mass is 16.3. The third kappa shape index (κ3) is 3.10. The highest BCUT2D eigenvalue weighted by Gasteiger charge is 2.36. The summed E-state index contributed by atoms with van der Waals surface area (Å²) in [6, 6.07) is 9.86. The van der Waals surface area contributed by atoms with Crippen LogP contribution in [-0.2, 0) is 16.8 Å². The quantitative estimate of drug-likeness (QED) is 0.854. The first-order chi connectivity index (χ1) is 12.5. The zero-order chi connectivity index (χ0) is 18.1. The van der Waals surface area contributed by atoms with Gasteiger partial charge in [0.15, 0.2) is 0 Å². The van der Waals surface area contributed by atoms with Crippen LogP contribution in [0.4, 0.5) is 11.6 Å². The predicted octanol–water partition coefficient (Wildman–Crippen LogP) is 1.00. The largest absolute Gasteiger partial charge is 0.383 e. The number of hydrogen-bond donors (Lipinski definition) is 2. The Kier molecular flexibility index (Phi) is 4.24. The minimum Gasteiger partial charge on any atom is -0.383 e. The van der Waals surface area contributed by atoms with Gasteiger partial charge in [-0.2, -0.15) is 0 Å². The smallest absolute Gasteiger partial charge is 0.241 e. The summed E-state index contributed by atoms with van der Waals surface area (Å²) in [5.74, 6) is 1.46. The van der Waals surface area contributed by atoms with Gasteiger partial charge < -0.3 is 20.2 Å². The SMILES string of the molecule is CN1CCN(c2cc(NCC3(O)CCc4ccccc43)ncn2)CC1=O. The van der Waals surface area contributed by atoms with Gasteiger partial charge in [0.05, 0.1) is 6.54 Å². The van der Waals surface area contributed by atoms with Crippen molar-refractivity contribution in [3.05, 3.63) is 47.8 Å². The Morgan fingerprint density at radius 3 is 2.96 bits per heavy atom. The van der Waals surface area contributed by atoms with Gasteiger partial charge in [0.1, 0.15) is 23.6 Å². The zero-order valence-corrected chi connectivity index (χ0v) is 14.9. The minimum absolute atomic E-state index is 0.0845. The van der Waals surface area contributed by atoms with Crippen LogP contribution in [0.2, 0.25) is 0 Å². The van der Waals surface area contributed by atoms with Crippen LogP contribution in [0.3, 0.4) is 0 Å². The van der Waals surface area contributed by atoms with E-state index in [0.29, 0.717) is 31.9 Å². The van der Waals surface area contributed by atoms with Crippen molar-refractivity contribution in [2.45, 2.75) is 18.4 Å². The van der Waals surface area contributed by atoms with E-state index in [9.17, 15) is 9.90 Å². The molecule has 1 aromatic heterocycles. The molecule has 1 amide bonds. The summed E-state index contributed by atoms with van der Waals surface area (Å²) in [4.78, 5) is 24.2. The molecule has 7 heteroatoms. The molecule has 0 spiro atoms. The molecule has 1 atom stereocenters. The molecule has 2 aromatic rings. The average molecular weight is 353 g/mol. The van der Waals surface area contributed by atoms with Gasteiger partial charge in [-0.15, -0.1) is 0 Å². The van der Waals surface area contributed by atoms with Crippen molar-refractivity contribution in [2.24, 2.45) is 0 Å². The Balaban J connectivity index is 1.46. The maximum Gasteiger partial charge on any atom is 0.241 e. The number of amides is 1. The molecule has 1 saturated heterocycles. The molecule has 2 N–H and O–H groups in total. The van der Waals surface area contributed by atoms with Gasteiger partial charge in [-0.1, -0.05) is 24.3 Å². The Morgan fingerprint density at radius 2 is 2.12 bits per heavy atom. The van der Waals surface area contributed by atoms with Crippen molar-refractivity contribution in [3.63, 3.8) is 0 Å². The maximum atomic E-state index is 11.9. The first kappa shape index (κ1) is 16.8. The number of aryl methyl sites for hydroxylation is 1. The van der Waals surface area contributed by atoms with Crippen molar-refractivity contribution in [3.8, 4) is 0 Å². The van der Waals surface area contributed by atoms with E-state index in [4.69, 9.17) is 0 Å². The third-order valence-corrected chi connectivity index (χ3v) is 5.32. The number of benzene rings is 1. The fourth-order valence-corrected chi connectivity index (χ4v) is 3.66. The molecule has 2 aliphatic rings. The van der Waals surface area contributed by atoms with E-state index >= 15 is 0 Å². The lowest BCUT2D eigenvalue weighted by molar-refractivity contribution is -0.129. The van der Waals surface area contributed by atoms with Crippen molar-refractivity contribution in [1.29, 1.82) is 0 Å². The van der Waals surface area contributed by atoms with E-state index in [-0.39, 0.29) is 5.91 Å². The van der Waals surface area contributed by atoms with Crippen LogP contribution in [0, 0.1) is 0 Å². The Hall–Kier alpha value is -2.67. The van der Waals surface area contributed by atoms with Crippen molar-refractivity contribution in [1.82, 2.24) is 14.9 Å². The lowest BCUT2D eigenvalue weighted by Crippen LogP contribution is -2.48. The normalized spacial score (nSPS) is 22.5. The molecule has 1 aliphatic carbocycles. The molecule has 1 aromatic carbocycles. The molecule has 1 aliphatic heterocycles. The third-order valence-electron chi connectivity index (χ3n) is 5.32. The number of carbonyl (C=O) groups excluding carboxylic acids is 1. The van der Waals surface area contributed by atoms with Crippen LogP contribution in [0.15, 0.2) is 36.7 Å². The van der Waals surface area contributed by atoms with E-state index in [1.807, 2.05) is 36.2 Å². The second-order valence-electron chi connectivity index (χ2n) is 7.04. The number of rotatable bonds is 4. The second kappa shape index (κ2) is 6.57. The Labute approximate surface area is 152 Å². The highest BCUT2D eigenvalue weighted by Crippen LogP contribution is 2.36. The standard InChI is InChI=1S/C19H23N5O2/c1-23-8-9-24(11-18(23)25)17-10-16(21-13-22-17)20-12-19(26)7-6-14-4-2-3-5-15(14)19/h2-5,10,13,26H,6-9,11-12H2,1H3,(H,20,21,22). The predicted molar refractivity (Wildman–Crippen MR) is 99.0 cm³/mol. The Morgan fingerprint density at radius 1 is 1.27 bits per heavy atom. The van der Waals surface area contributed by atoms with Crippen LogP contribution < -0.4 is 10.2 Å². The van der Waals surface area contributed by atoms with Crippen LogP contribution in [0.1, 0.15) is 17.5 Å². The van der Waals surface area contributed by atoms with E-state index < -0.39 is 5.60 Å². The topological polar surface area (TPSA) is 81.6 Å². The fraction of sp³-hybridized carbons (Fsp3) is 0.421. The number of piperazine rings is 1. The minimum atomic E-state index is -0.883. The molecule has 7 nitrogen and oxygen atoms in total. The molecule has 1 unspecified atom stereocenters. The maximum absolute atomic E-state index is 11.9. The number of carbonyl (C=O) groups is 1. The van der Waals surface area contributed by atoms with E-state index in [1.165, 1.54) is 11.9 Å². The van der Waals surface area contributed by atoms with Crippen molar-refractivity contribution >= 4 is 17.5 Å².